The van der Waals surface area contributed by atoms with E-state index < -0.39 is 0 Å². The number of rotatable bonds is 5. The van der Waals surface area contributed by atoms with Crippen LogP contribution in [0.15, 0.2) is 82.2 Å². The zero-order valence-corrected chi connectivity index (χ0v) is 16.7. The highest BCUT2D eigenvalue weighted by molar-refractivity contribution is 6.33. The van der Waals surface area contributed by atoms with E-state index in [2.05, 4.69) is 17.0 Å². The van der Waals surface area contributed by atoms with E-state index in [9.17, 15) is 9.90 Å². The average Bonchev–Trinajstić information content (AvgIpc) is 2.72. The van der Waals surface area contributed by atoms with Crippen LogP contribution in [0.2, 0.25) is 5.02 Å². The minimum Gasteiger partial charge on any atom is -0.507 e. The van der Waals surface area contributed by atoms with Crippen LogP contribution in [0.1, 0.15) is 11.1 Å². The smallest absolute Gasteiger partial charge is 0.200 e. The Labute approximate surface area is 173 Å². The Morgan fingerprint density at radius 2 is 1.66 bits per heavy atom. The third-order valence-corrected chi connectivity index (χ3v) is 5.24. The van der Waals surface area contributed by atoms with Crippen molar-refractivity contribution in [1.29, 1.82) is 0 Å². The lowest BCUT2D eigenvalue weighted by Gasteiger charge is -2.18. The minimum atomic E-state index is -0.175. The molecule has 0 radical (unpaired) electrons. The van der Waals surface area contributed by atoms with Crippen LogP contribution in [-0.2, 0) is 13.1 Å². The molecular weight excluding hydrogens is 386 g/mol. The third-order valence-electron chi connectivity index (χ3n) is 4.91. The van der Waals surface area contributed by atoms with Crippen molar-refractivity contribution in [3.63, 3.8) is 0 Å². The van der Waals surface area contributed by atoms with Crippen LogP contribution in [-0.4, -0.2) is 17.1 Å². The van der Waals surface area contributed by atoms with Crippen LogP contribution in [0, 0.1) is 0 Å². The second-order valence-electron chi connectivity index (χ2n) is 7.06. The Morgan fingerprint density at radius 1 is 0.931 bits per heavy atom. The maximum Gasteiger partial charge on any atom is 0.200 e. The maximum atomic E-state index is 13.1. The van der Waals surface area contributed by atoms with Crippen molar-refractivity contribution in [2.75, 3.05) is 7.05 Å². The van der Waals surface area contributed by atoms with E-state index in [0.717, 1.165) is 5.56 Å². The Hall–Kier alpha value is -3.08. The van der Waals surface area contributed by atoms with Gasteiger partial charge in [0.1, 0.15) is 17.6 Å². The predicted molar refractivity (Wildman–Crippen MR) is 116 cm³/mol. The van der Waals surface area contributed by atoms with Crippen molar-refractivity contribution in [3.05, 3.63) is 99.4 Å². The van der Waals surface area contributed by atoms with Crippen LogP contribution in [0.25, 0.3) is 22.1 Å². The van der Waals surface area contributed by atoms with E-state index in [4.69, 9.17) is 16.0 Å². The Balaban J connectivity index is 1.74. The fourth-order valence-electron chi connectivity index (χ4n) is 3.49. The quantitative estimate of drug-likeness (QED) is 0.479. The Morgan fingerprint density at radius 3 is 2.41 bits per heavy atom. The predicted octanol–water partition coefficient (Wildman–Crippen LogP) is 5.45. The normalized spacial score (nSPS) is 11.3. The molecule has 3 aromatic carbocycles. The fourth-order valence-corrected chi connectivity index (χ4v) is 3.72. The van der Waals surface area contributed by atoms with Gasteiger partial charge in [0, 0.05) is 23.7 Å². The van der Waals surface area contributed by atoms with Gasteiger partial charge in [0.25, 0.3) is 0 Å². The molecule has 0 aliphatic carbocycles. The molecule has 0 unspecified atom stereocenters. The van der Waals surface area contributed by atoms with Gasteiger partial charge in [-0.05, 0) is 30.8 Å². The second-order valence-corrected chi connectivity index (χ2v) is 7.46. The summed E-state index contributed by atoms with van der Waals surface area (Å²) >= 11 is 6.26. The highest BCUT2D eigenvalue weighted by atomic mass is 35.5. The highest BCUT2D eigenvalue weighted by Crippen LogP contribution is 2.31. The molecule has 0 aliphatic heterocycles. The molecule has 1 aromatic heterocycles. The lowest BCUT2D eigenvalue weighted by atomic mass is 10.0. The Kier molecular flexibility index (Phi) is 5.38. The lowest BCUT2D eigenvalue weighted by molar-refractivity contribution is 0.312. The average molecular weight is 406 g/mol. The lowest BCUT2D eigenvalue weighted by Crippen LogP contribution is -2.18. The van der Waals surface area contributed by atoms with Gasteiger partial charge in [0.2, 0.25) is 5.43 Å². The first kappa shape index (κ1) is 19.2. The van der Waals surface area contributed by atoms with Crippen LogP contribution >= 0.6 is 11.6 Å². The van der Waals surface area contributed by atoms with Crippen molar-refractivity contribution >= 4 is 22.6 Å². The van der Waals surface area contributed by atoms with E-state index in [-0.39, 0.29) is 11.2 Å². The molecule has 0 atom stereocenters. The summed E-state index contributed by atoms with van der Waals surface area (Å²) in [6.45, 7) is 1.14. The summed E-state index contributed by atoms with van der Waals surface area (Å²) in [4.78, 5) is 15.2. The number of phenolic OH excluding ortho intramolecular Hbond substituents is 1. The van der Waals surface area contributed by atoms with E-state index >= 15 is 0 Å². The van der Waals surface area contributed by atoms with E-state index in [1.165, 1.54) is 6.26 Å². The zero-order valence-electron chi connectivity index (χ0n) is 15.9. The van der Waals surface area contributed by atoms with Crippen molar-refractivity contribution in [2.45, 2.75) is 13.1 Å². The van der Waals surface area contributed by atoms with Gasteiger partial charge in [0.15, 0.2) is 0 Å². The molecule has 1 N–H and O–H groups in total. The molecule has 146 valence electrons. The SMILES string of the molecule is CN(Cc1ccccc1)Cc1c(O)ccc2c(=O)c(-c3ccccc3Cl)coc12. The summed E-state index contributed by atoms with van der Waals surface area (Å²) in [5.74, 6) is 0.103. The monoisotopic (exact) mass is 405 g/mol. The summed E-state index contributed by atoms with van der Waals surface area (Å²) in [6, 6.07) is 20.4. The van der Waals surface area contributed by atoms with Crippen LogP contribution in [0.4, 0.5) is 0 Å². The molecule has 0 fully saturated rings. The molecule has 4 nitrogen and oxygen atoms in total. The second kappa shape index (κ2) is 8.11. The number of nitrogens with zero attached hydrogens (tertiary/aromatic N) is 1. The fraction of sp³-hybridized carbons (Fsp3) is 0.125. The number of aromatic hydroxyl groups is 1. The molecule has 4 aromatic rings. The van der Waals surface area contributed by atoms with E-state index in [1.54, 1.807) is 24.3 Å². The molecule has 1 heterocycles. The van der Waals surface area contributed by atoms with Crippen LogP contribution < -0.4 is 5.43 Å². The summed E-state index contributed by atoms with van der Waals surface area (Å²) in [5, 5.41) is 11.3. The van der Waals surface area contributed by atoms with E-state index in [0.29, 0.717) is 45.8 Å². The van der Waals surface area contributed by atoms with Crippen molar-refractivity contribution in [1.82, 2.24) is 4.90 Å². The van der Waals surface area contributed by atoms with Gasteiger partial charge in [-0.3, -0.25) is 9.69 Å². The first-order chi connectivity index (χ1) is 14.0. The Bertz CT molecular complexity index is 1220. The summed E-state index contributed by atoms with van der Waals surface area (Å²) in [6.07, 6.45) is 1.42. The van der Waals surface area contributed by atoms with Crippen molar-refractivity contribution in [3.8, 4) is 16.9 Å². The first-order valence-electron chi connectivity index (χ1n) is 9.28. The molecule has 5 heteroatoms. The molecule has 0 saturated carbocycles. The largest absolute Gasteiger partial charge is 0.507 e. The summed E-state index contributed by atoms with van der Waals surface area (Å²) in [7, 11) is 1.96. The highest BCUT2D eigenvalue weighted by Gasteiger charge is 2.17. The molecule has 0 amide bonds. The van der Waals surface area contributed by atoms with Gasteiger partial charge in [-0.1, -0.05) is 60.1 Å². The number of phenols is 1. The topological polar surface area (TPSA) is 53.7 Å². The first-order valence-corrected chi connectivity index (χ1v) is 9.66. The van der Waals surface area contributed by atoms with E-state index in [1.807, 2.05) is 37.4 Å². The molecule has 0 aliphatic rings. The summed E-state index contributed by atoms with van der Waals surface area (Å²) in [5.41, 5.74) is 3.00. The summed E-state index contributed by atoms with van der Waals surface area (Å²) < 4.78 is 5.85. The molecular formula is C24H20ClNO3. The number of hydrogen-bond donors (Lipinski definition) is 1. The van der Waals surface area contributed by atoms with Crippen LogP contribution in [0.3, 0.4) is 0 Å². The maximum absolute atomic E-state index is 13.1. The third kappa shape index (κ3) is 3.90. The van der Waals surface area contributed by atoms with Crippen LogP contribution in [0.5, 0.6) is 5.75 Å². The molecule has 0 saturated heterocycles. The van der Waals surface area contributed by atoms with Gasteiger partial charge >= 0.3 is 0 Å². The van der Waals surface area contributed by atoms with Gasteiger partial charge in [-0.25, -0.2) is 0 Å². The molecule has 4 rings (SSSR count). The number of hydrogen-bond acceptors (Lipinski definition) is 4. The molecule has 0 spiro atoms. The van der Waals surface area contributed by atoms with Crippen molar-refractivity contribution < 1.29 is 9.52 Å². The standard InChI is InChI=1S/C24H20ClNO3/c1-26(13-16-7-3-2-4-8-16)14-19-22(27)12-11-18-23(28)20(15-29-24(18)19)17-9-5-6-10-21(17)25/h2-12,15,27H,13-14H2,1H3. The minimum absolute atomic E-state index is 0.103. The number of fused-ring (bicyclic) bond motifs is 1. The number of benzene rings is 3. The van der Waals surface area contributed by atoms with Gasteiger partial charge < -0.3 is 9.52 Å². The molecule has 0 bridgehead atoms. The molecule has 29 heavy (non-hydrogen) atoms. The van der Waals surface area contributed by atoms with Gasteiger partial charge in [-0.2, -0.15) is 0 Å². The van der Waals surface area contributed by atoms with Gasteiger partial charge in [-0.15, -0.1) is 0 Å². The van der Waals surface area contributed by atoms with Gasteiger partial charge in [0.05, 0.1) is 16.5 Å². The van der Waals surface area contributed by atoms with Crippen molar-refractivity contribution in [2.24, 2.45) is 0 Å². The zero-order chi connectivity index (χ0) is 20.4. The number of halogens is 1.